The third-order valence-corrected chi connectivity index (χ3v) is 3.22. The molecule has 13 heavy (non-hydrogen) atoms. The number of rotatable bonds is 3. The van der Waals surface area contributed by atoms with Crippen molar-refractivity contribution in [2.24, 2.45) is 5.41 Å². The minimum Gasteiger partial charge on any atom is -0.247 e. The van der Waals surface area contributed by atoms with Crippen LogP contribution in [-0.2, 0) is 6.42 Å². The minimum atomic E-state index is -0.246. The summed E-state index contributed by atoms with van der Waals surface area (Å²) in [6, 6.07) is 2.35. The van der Waals surface area contributed by atoms with Gasteiger partial charge in [-0.25, -0.2) is 4.98 Å². The molecule has 0 saturated heterocycles. The molecule has 1 heterocycles. The van der Waals surface area contributed by atoms with Gasteiger partial charge in [0.05, 0.1) is 16.5 Å². The molecule has 1 aromatic rings. The van der Waals surface area contributed by atoms with Crippen LogP contribution in [-0.4, -0.2) is 4.98 Å². The monoisotopic (exact) mass is 194 g/mol. The maximum atomic E-state index is 8.98. The third-order valence-electron chi connectivity index (χ3n) is 2.26. The van der Waals surface area contributed by atoms with Crippen LogP contribution in [0.5, 0.6) is 0 Å². The highest BCUT2D eigenvalue weighted by Gasteiger charge is 2.23. The number of nitriles is 1. The SMILES string of the molecule is CCC(C)(C#N)Cc1nc(C)cs1. The van der Waals surface area contributed by atoms with Crippen molar-refractivity contribution in [3.05, 3.63) is 16.1 Å². The van der Waals surface area contributed by atoms with Crippen molar-refractivity contribution in [1.82, 2.24) is 4.98 Å². The second kappa shape index (κ2) is 3.89. The van der Waals surface area contributed by atoms with E-state index in [1.807, 2.05) is 26.2 Å². The van der Waals surface area contributed by atoms with E-state index in [2.05, 4.69) is 11.1 Å². The summed E-state index contributed by atoms with van der Waals surface area (Å²) < 4.78 is 0. The van der Waals surface area contributed by atoms with E-state index in [4.69, 9.17) is 5.26 Å². The number of thiazole rings is 1. The Labute approximate surface area is 83.2 Å². The van der Waals surface area contributed by atoms with Crippen molar-refractivity contribution in [3.8, 4) is 6.07 Å². The maximum absolute atomic E-state index is 8.98. The molecule has 3 heteroatoms. The van der Waals surface area contributed by atoms with Gasteiger partial charge in [0, 0.05) is 17.5 Å². The Hall–Kier alpha value is -0.880. The summed E-state index contributed by atoms with van der Waals surface area (Å²) in [5, 5.41) is 12.1. The lowest BCUT2D eigenvalue weighted by Crippen LogP contribution is -2.15. The van der Waals surface area contributed by atoms with Crippen LogP contribution in [0.3, 0.4) is 0 Å². The molecule has 1 unspecified atom stereocenters. The van der Waals surface area contributed by atoms with Gasteiger partial charge >= 0.3 is 0 Å². The Morgan fingerprint density at radius 1 is 1.69 bits per heavy atom. The van der Waals surface area contributed by atoms with Crippen molar-refractivity contribution in [3.63, 3.8) is 0 Å². The fourth-order valence-electron chi connectivity index (χ4n) is 1.06. The number of hydrogen-bond donors (Lipinski definition) is 0. The predicted molar refractivity (Wildman–Crippen MR) is 54.6 cm³/mol. The van der Waals surface area contributed by atoms with Gasteiger partial charge in [-0.15, -0.1) is 11.3 Å². The highest BCUT2D eigenvalue weighted by molar-refractivity contribution is 7.09. The zero-order chi connectivity index (χ0) is 9.90. The Morgan fingerprint density at radius 2 is 2.38 bits per heavy atom. The van der Waals surface area contributed by atoms with Crippen LogP contribution in [0.25, 0.3) is 0 Å². The van der Waals surface area contributed by atoms with Crippen molar-refractivity contribution in [2.75, 3.05) is 0 Å². The maximum Gasteiger partial charge on any atom is 0.0943 e. The normalized spacial score (nSPS) is 14.9. The first-order valence-corrected chi connectivity index (χ1v) is 5.30. The molecule has 70 valence electrons. The van der Waals surface area contributed by atoms with Crippen LogP contribution >= 0.6 is 11.3 Å². The van der Waals surface area contributed by atoms with Crippen LogP contribution in [0.15, 0.2) is 5.38 Å². The van der Waals surface area contributed by atoms with Crippen molar-refractivity contribution >= 4 is 11.3 Å². The van der Waals surface area contributed by atoms with Gasteiger partial charge in [-0.3, -0.25) is 0 Å². The van der Waals surface area contributed by atoms with E-state index in [1.54, 1.807) is 11.3 Å². The first-order chi connectivity index (χ1) is 6.09. The molecule has 0 N–H and O–H groups in total. The Bertz CT molecular complexity index is 324. The van der Waals surface area contributed by atoms with Crippen LogP contribution in [0, 0.1) is 23.7 Å². The average Bonchev–Trinajstić information content (AvgIpc) is 2.51. The van der Waals surface area contributed by atoms with Gasteiger partial charge < -0.3 is 0 Å². The van der Waals surface area contributed by atoms with Crippen LogP contribution in [0.4, 0.5) is 0 Å². The van der Waals surface area contributed by atoms with Crippen LogP contribution in [0.2, 0.25) is 0 Å². The molecular weight excluding hydrogens is 180 g/mol. The lowest BCUT2D eigenvalue weighted by atomic mass is 9.86. The Morgan fingerprint density at radius 3 is 2.77 bits per heavy atom. The highest BCUT2D eigenvalue weighted by atomic mass is 32.1. The minimum absolute atomic E-state index is 0.246. The van der Waals surface area contributed by atoms with E-state index in [-0.39, 0.29) is 5.41 Å². The molecule has 0 spiro atoms. The van der Waals surface area contributed by atoms with Gasteiger partial charge in [0.25, 0.3) is 0 Å². The fraction of sp³-hybridized carbons (Fsp3) is 0.600. The van der Waals surface area contributed by atoms with Crippen molar-refractivity contribution in [2.45, 2.75) is 33.6 Å². The second-order valence-corrected chi connectivity index (χ2v) is 4.53. The van der Waals surface area contributed by atoms with E-state index >= 15 is 0 Å². The molecule has 0 aliphatic rings. The fourth-order valence-corrected chi connectivity index (χ4v) is 2.02. The molecule has 1 atom stereocenters. The van der Waals surface area contributed by atoms with E-state index < -0.39 is 0 Å². The quantitative estimate of drug-likeness (QED) is 0.741. The standard InChI is InChI=1S/C10H14N2S/c1-4-10(3,7-11)5-9-12-8(2)6-13-9/h6H,4-5H2,1-3H3. The van der Waals surface area contributed by atoms with E-state index in [1.165, 1.54) is 0 Å². The number of aromatic nitrogens is 1. The molecule has 0 fully saturated rings. The molecule has 0 amide bonds. The summed E-state index contributed by atoms with van der Waals surface area (Å²) in [7, 11) is 0. The molecule has 1 rings (SSSR count). The molecule has 1 aromatic heterocycles. The topological polar surface area (TPSA) is 36.7 Å². The largest absolute Gasteiger partial charge is 0.247 e. The van der Waals surface area contributed by atoms with Gasteiger partial charge in [-0.2, -0.15) is 5.26 Å². The van der Waals surface area contributed by atoms with Gasteiger partial charge in [-0.1, -0.05) is 6.92 Å². The molecule has 0 aliphatic heterocycles. The first kappa shape index (κ1) is 10.2. The first-order valence-electron chi connectivity index (χ1n) is 4.42. The number of nitrogens with zero attached hydrogens (tertiary/aromatic N) is 2. The Kier molecular flexibility index (Phi) is 3.05. The number of aryl methyl sites for hydroxylation is 1. The Balaban J connectivity index is 2.74. The smallest absolute Gasteiger partial charge is 0.0943 e. The zero-order valence-electron chi connectivity index (χ0n) is 8.29. The summed E-state index contributed by atoms with van der Waals surface area (Å²) in [5.41, 5.74) is 0.806. The summed E-state index contributed by atoms with van der Waals surface area (Å²) in [5.74, 6) is 0. The summed E-state index contributed by atoms with van der Waals surface area (Å²) >= 11 is 1.64. The summed E-state index contributed by atoms with van der Waals surface area (Å²) in [4.78, 5) is 4.36. The summed E-state index contributed by atoms with van der Waals surface area (Å²) in [6.45, 7) is 6.02. The van der Waals surface area contributed by atoms with Crippen molar-refractivity contribution < 1.29 is 0 Å². The van der Waals surface area contributed by atoms with Gasteiger partial charge in [-0.05, 0) is 20.3 Å². The van der Waals surface area contributed by atoms with E-state index in [0.717, 1.165) is 23.5 Å². The molecule has 2 nitrogen and oxygen atoms in total. The second-order valence-electron chi connectivity index (χ2n) is 3.59. The third kappa shape index (κ3) is 2.53. The van der Waals surface area contributed by atoms with E-state index in [0.29, 0.717) is 0 Å². The molecule has 0 aromatic carbocycles. The van der Waals surface area contributed by atoms with Gasteiger partial charge in [0.2, 0.25) is 0 Å². The number of hydrogen-bond acceptors (Lipinski definition) is 3. The van der Waals surface area contributed by atoms with Gasteiger partial charge in [0.1, 0.15) is 0 Å². The van der Waals surface area contributed by atoms with Crippen LogP contribution < -0.4 is 0 Å². The molecule has 0 radical (unpaired) electrons. The molecular formula is C10H14N2S. The van der Waals surface area contributed by atoms with Crippen molar-refractivity contribution in [1.29, 1.82) is 5.26 Å². The molecule has 0 bridgehead atoms. The van der Waals surface area contributed by atoms with E-state index in [9.17, 15) is 0 Å². The van der Waals surface area contributed by atoms with Gasteiger partial charge in [0.15, 0.2) is 0 Å². The zero-order valence-corrected chi connectivity index (χ0v) is 9.11. The van der Waals surface area contributed by atoms with Crippen LogP contribution in [0.1, 0.15) is 31.0 Å². The summed E-state index contributed by atoms with van der Waals surface area (Å²) in [6.07, 6.45) is 1.65. The predicted octanol–water partition coefficient (Wildman–Crippen LogP) is 2.93. The molecule has 0 aliphatic carbocycles. The lowest BCUT2D eigenvalue weighted by Gasteiger charge is -2.16. The lowest BCUT2D eigenvalue weighted by molar-refractivity contribution is 0.422. The highest BCUT2D eigenvalue weighted by Crippen LogP contribution is 2.26. The molecule has 0 saturated carbocycles. The average molecular weight is 194 g/mol.